The molecule has 3 saturated carbocycles. The van der Waals surface area contributed by atoms with Crippen LogP contribution in [0.1, 0.15) is 78.2 Å². The summed E-state index contributed by atoms with van der Waals surface area (Å²) in [5.74, 6) is 0.141. The SMILES string of the molecule is Cc1cc(C2CC(c3cc4nc(C)c(C)nc4c([C@]45C[C@](C(F)(F)F)(C4)C5)n3)CCO2)ccn1. The number of hydrogen-bond acceptors (Lipinski definition) is 5. The normalized spacial score (nSPS) is 30.6. The van der Waals surface area contributed by atoms with E-state index in [1.165, 1.54) is 0 Å². The molecule has 8 heteroatoms. The Morgan fingerprint density at radius 3 is 2.44 bits per heavy atom. The van der Waals surface area contributed by atoms with Crippen LogP contribution in [0.25, 0.3) is 11.0 Å². The first kappa shape index (κ1) is 21.9. The van der Waals surface area contributed by atoms with Crippen molar-refractivity contribution in [1.82, 2.24) is 19.9 Å². The molecule has 3 aliphatic carbocycles. The Balaban J connectivity index is 1.39. The van der Waals surface area contributed by atoms with Gasteiger partial charge in [0.25, 0.3) is 0 Å². The van der Waals surface area contributed by atoms with Crippen LogP contribution in [-0.4, -0.2) is 32.7 Å². The van der Waals surface area contributed by atoms with E-state index in [1.54, 1.807) is 6.20 Å². The third-order valence-corrected chi connectivity index (χ3v) is 8.21. The molecule has 178 valence electrons. The second-order valence-electron chi connectivity index (χ2n) is 10.6. The highest BCUT2D eigenvalue weighted by atomic mass is 19.4. The van der Waals surface area contributed by atoms with E-state index in [-0.39, 0.29) is 31.3 Å². The number of halogens is 3. The first-order valence-electron chi connectivity index (χ1n) is 11.9. The van der Waals surface area contributed by atoms with Crippen LogP contribution in [0, 0.1) is 26.2 Å². The molecule has 5 nitrogen and oxygen atoms in total. The lowest BCUT2D eigenvalue weighted by atomic mass is 9.34. The Morgan fingerprint density at radius 1 is 1.00 bits per heavy atom. The maximum atomic E-state index is 13.6. The van der Waals surface area contributed by atoms with E-state index in [0.717, 1.165) is 46.7 Å². The minimum absolute atomic E-state index is 0.0596. The van der Waals surface area contributed by atoms with E-state index < -0.39 is 17.0 Å². The molecule has 0 radical (unpaired) electrons. The number of alkyl halides is 3. The van der Waals surface area contributed by atoms with Crippen molar-refractivity contribution in [3.8, 4) is 0 Å². The molecule has 1 aliphatic heterocycles. The fourth-order valence-corrected chi connectivity index (χ4v) is 6.23. The van der Waals surface area contributed by atoms with Crippen LogP contribution in [0.3, 0.4) is 0 Å². The lowest BCUT2D eigenvalue weighted by Crippen LogP contribution is -2.70. The van der Waals surface area contributed by atoms with E-state index in [4.69, 9.17) is 19.7 Å². The van der Waals surface area contributed by atoms with Crippen LogP contribution in [0.4, 0.5) is 13.2 Å². The molecule has 3 aromatic rings. The highest BCUT2D eigenvalue weighted by molar-refractivity contribution is 5.79. The highest BCUT2D eigenvalue weighted by Crippen LogP contribution is 2.78. The number of fused-ring (bicyclic) bond motifs is 1. The number of aromatic nitrogens is 4. The summed E-state index contributed by atoms with van der Waals surface area (Å²) in [6.07, 6.45) is -0.518. The molecular weight excluding hydrogens is 441 g/mol. The van der Waals surface area contributed by atoms with Gasteiger partial charge in [-0.15, -0.1) is 0 Å². The van der Waals surface area contributed by atoms with Gasteiger partial charge in [-0.25, -0.2) is 9.97 Å². The van der Waals surface area contributed by atoms with E-state index in [9.17, 15) is 13.2 Å². The molecule has 4 fully saturated rings. The minimum atomic E-state index is -4.16. The fourth-order valence-electron chi connectivity index (χ4n) is 6.23. The molecule has 2 atom stereocenters. The van der Waals surface area contributed by atoms with Gasteiger partial charge in [-0.3, -0.25) is 9.97 Å². The number of rotatable bonds is 3. The maximum Gasteiger partial charge on any atom is 0.394 e. The van der Waals surface area contributed by atoms with Gasteiger partial charge in [0.1, 0.15) is 5.52 Å². The molecule has 7 rings (SSSR count). The zero-order chi connectivity index (χ0) is 23.9. The second kappa shape index (κ2) is 7.20. The number of pyridine rings is 2. The largest absolute Gasteiger partial charge is 0.394 e. The minimum Gasteiger partial charge on any atom is -0.373 e. The first-order chi connectivity index (χ1) is 16.1. The van der Waals surface area contributed by atoms with Crippen molar-refractivity contribution in [3.05, 3.63) is 58.4 Å². The van der Waals surface area contributed by atoms with Gasteiger partial charge in [0, 0.05) is 35.5 Å². The second-order valence-corrected chi connectivity index (χ2v) is 10.6. The molecule has 0 amide bonds. The first-order valence-corrected chi connectivity index (χ1v) is 11.9. The Bertz CT molecular complexity index is 1290. The van der Waals surface area contributed by atoms with Gasteiger partial charge in [0.2, 0.25) is 0 Å². The highest BCUT2D eigenvalue weighted by Gasteiger charge is 2.79. The third-order valence-electron chi connectivity index (χ3n) is 8.21. The Kier molecular flexibility index (Phi) is 4.63. The van der Waals surface area contributed by atoms with Crippen LogP contribution in [-0.2, 0) is 10.2 Å². The van der Waals surface area contributed by atoms with E-state index in [1.807, 2.05) is 39.0 Å². The molecule has 1 saturated heterocycles. The maximum absolute atomic E-state index is 13.6. The molecule has 0 N–H and O–H groups in total. The average Bonchev–Trinajstić information content (AvgIpc) is 2.72. The van der Waals surface area contributed by atoms with Crippen molar-refractivity contribution < 1.29 is 17.9 Å². The molecule has 0 aromatic carbocycles. The fraction of sp³-hybridized carbons (Fsp3) is 0.538. The predicted octanol–water partition coefficient (Wildman–Crippen LogP) is 5.96. The Hall–Kier alpha value is -2.61. The monoisotopic (exact) mass is 468 g/mol. The van der Waals surface area contributed by atoms with Crippen LogP contribution in [0.5, 0.6) is 0 Å². The van der Waals surface area contributed by atoms with Crippen molar-refractivity contribution in [1.29, 1.82) is 0 Å². The number of nitrogens with zero attached hydrogens (tertiary/aromatic N) is 4. The van der Waals surface area contributed by atoms with Crippen molar-refractivity contribution >= 4 is 11.0 Å². The van der Waals surface area contributed by atoms with Crippen molar-refractivity contribution in [3.63, 3.8) is 0 Å². The quantitative estimate of drug-likeness (QED) is 0.474. The van der Waals surface area contributed by atoms with Gasteiger partial charge in [-0.2, -0.15) is 13.2 Å². The van der Waals surface area contributed by atoms with Gasteiger partial charge >= 0.3 is 6.18 Å². The summed E-state index contributed by atoms with van der Waals surface area (Å²) in [5, 5.41) is 0. The third kappa shape index (κ3) is 3.17. The molecule has 0 spiro atoms. The zero-order valence-corrected chi connectivity index (χ0v) is 19.5. The summed E-state index contributed by atoms with van der Waals surface area (Å²) < 4.78 is 46.8. The summed E-state index contributed by atoms with van der Waals surface area (Å²) in [7, 11) is 0. The lowest BCUT2D eigenvalue weighted by Gasteiger charge is -2.70. The van der Waals surface area contributed by atoms with Gasteiger partial charge < -0.3 is 4.74 Å². The van der Waals surface area contributed by atoms with Gasteiger partial charge in [-0.05, 0) is 76.6 Å². The molecule has 4 heterocycles. The van der Waals surface area contributed by atoms with Crippen LogP contribution >= 0.6 is 0 Å². The van der Waals surface area contributed by atoms with Crippen LogP contribution in [0.2, 0.25) is 0 Å². The molecule has 2 bridgehead atoms. The Morgan fingerprint density at radius 2 is 1.74 bits per heavy atom. The predicted molar refractivity (Wildman–Crippen MR) is 120 cm³/mol. The van der Waals surface area contributed by atoms with Crippen molar-refractivity contribution in [2.24, 2.45) is 5.41 Å². The smallest absolute Gasteiger partial charge is 0.373 e. The molecular formula is C26H27F3N4O. The van der Waals surface area contributed by atoms with E-state index in [2.05, 4.69) is 4.98 Å². The number of aryl methyl sites for hydroxylation is 3. The van der Waals surface area contributed by atoms with Gasteiger partial charge in [-0.1, -0.05) is 0 Å². The van der Waals surface area contributed by atoms with Crippen LogP contribution < -0.4 is 0 Å². The van der Waals surface area contributed by atoms with Gasteiger partial charge in [0.05, 0.1) is 34.1 Å². The van der Waals surface area contributed by atoms with E-state index >= 15 is 0 Å². The standard InChI is InChI=1S/C26H27F3N4O/c1-14-8-18(4-6-30-14)21-9-17(5-7-34-21)19-10-20-22(32-16(3)15(2)31-20)23(33-19)24-11-25(12-24,13-24)26(27,28)29/h4,6,8,10,17,21H,5,7,9,11-13H2,1-3H3/t17?,21?,24-,25+. The van der Waals surface area contributed by atoms with Crippen LogP contribution in [0.15, 0.2) is 24.4 Å². The van der Waals surface area contributed by atoms with Gasteiger partial charge in [0.15, 0.2) is 0 Å². The summed E-state index contributed by atoms with van der Waals surface area (Å²) in [6.45, 7) is 6.37. The molecule has 2 unspecified atom stereocenters. The number of ether oxygens (including phenoxy) is 1. The topological polar surface area (TPSA) is 60.8 Å². The Labute approximate surface area is 196 Å². The van der Waals surface area contributed by atoms with E-state index in [0.29, 0.717) is 17.8 Å². The lowest BCUT2D eigenvalue weighted by molar-refractivity contribution is -0.337. The summed E-state index contributed by atoms with van der Waals surface area (Å²) in [4.78, 5) is 18.9. The van der Waals surface area contributed by atoms with Crippen molar-refractivity contribution in [2.45, 2.75) is 76.5 Å². The average molecular weight is 469 g/mol. The molecule has 4 aliphatic rings. The summed E-state index contributed by atoms with van der Waals surface area (Å²) in [5.41, 5.74) is 4.59. The number of hydrogen-bond donors (Lipinski definition) is 0. The molecule has 34 heavy (non-hydrogen) atoms. The summed E-state index contributed by atoms with van der Waals surface area (Å²) in [6, 6.07) is 6.02. The zero-order valence-electron chi connectivity index (χ0n) is 19.5. The van der Waals surface area contributed by atoms with Crippen molar-refractivity contribution in [2.75, 3.05) is 6.61 Å². The molecule has 3 aromatic heterocycles. The summed E-state index contributed by atoms with van der Waals surface area (Å²) >= 11 is 0.